The van der Waals surface area contributed by atoms with E-state index in [4.69, 9.17) is 10.5 Å². The van der Waals surface area contributed by atoms with Crippen LogP contribution in [-0.2, 0) is 4.74 Å². The number of rotatable bonds is 8. The highest BCUT2D eigenvalue weighted by molar-refractivity contribution is 5.96. The van der Waals surface area contributed by atoms with Gasteiger partial charge >= 0.3 is 5.97 Å². The fourth-order valence-electron chi connectivity index (χ4n) is 2.24. The normalized spacial score (nSPS) is 12.2. The molecule has 0 saturated heterocycles. The summed E-state index contributed by atoms with van der Waals surface area (Å²) in [7, 11) is 0. The van der Waals surface area contributed by atoms with E-state index >= 15 is 0 Å². The van der Waals surface area contributed by atoms with E-state index in [2.05, 4.69) is 26.1 Å². The van der Waals surface area contributed by atoms with Crippen molar-refractivity contribution in [1.29, 1.82) is 0 Å². The Bertz CT molecular complexity index is 458. The SMILES string of the molecule is CCOC(=O)c1cc(N)ccc1NC(C)CCCC(C)C. The summed E-state index contributed by atoms with van der Waals surface area (Å²) in [5, 5.41) is 3.39. The minimum Gasteiger partial charge on any atom is -0.462 e. The minimum absolute atomic E-state index is 0.306. The number of hydrogen-bond donors (Lipinski definition) is 2. The zero-order valence-corrected chi connectivity index (χ0v) is 13.6. The van der Waals surface area contributed by atoms with Crippen LogP contribution in [0, 0.1) is 5.92 Å². The van der Waals surface area contributed by atoms with Gasteiger partial charge in [-0.2, -0.15) is 0 Å². The van der Waals surface area contributed by atoms with E-state index in [1.165, 1.54) is 12.8 Å². The molecule has 0 saturated carbocycles. The number of carbonyl (C=O) groups excluding carboxylic acids is 1. The Morgan fingerprint density at radius 1 is 1.29 bits per heavy atom. The zero-order chi connectivity index (χ0) is 15.8. The lowest BCUT2D eigenvalue weighted by molar-refractivity contribution is 0.0527. The minimum atomic E-state index is -0.332. The number of nitrogens with two attached hydrogens (primary N) is 1. The molecule has 3 N–H and O–H groups in total. The van der Waals surface area contributed by atoms with Crippen LogP contribution in [0.4, 0.5) is 11.4 Å². The number of nitrogens with one attached hydrogen (secondary N) is 1. The van der Waals surface area contributed by atoms with E-state index in [1.54, 1.807) is 19.1 Å². The van der Waals surface area contributed by atoms with Gasteiger partial charge in [0.1, 0.15) is 0 Å². The summed E-state index contributed by atoms with van der Waals surface area (Å²) in [6, 6.07) is 5.62. The molecule has 0 radical (unpaired) electrons. The smallest absolute Gasteiger partial charge is 0.340 e. The molecule has 118 valence electrons. The van der Waals surface area contributed by atoms with Gasteiger partial charge in [-0.15, -0.1) is 0 Å². The Morgan fingerprint density at radius 2 is 2.00 bits per heavy atom. The molecule has 0 fully saturated rings. The Morgan fingerprint density at radius 3 is 2.62 bits per heavy atom. The number of hydrogen-bond acceptors (Lipinski definition) is 4. The molecule has 1 unspecified atom stereocenters. The van der Waals surface area contributed by atoms with Crippen molar-refractivity contribution in [3.63, 3.8) is 0 Å². The molecule has 4 nitrogen and oxygen atoms in total. The van der Waals surface area contributed by atoms with Gasteiger partial charge in [-0.1, -0.05) is 26.7 Å². The molecule has 21 heavy (non-hydrogen) atoms. The number of nitrogen functional groups attached to an aromatic ring is 1. The lowest BCUT2D eigenvalue weighted by Crippen LogP contribution is -2.18. The van der Waals surface area contributed by atoms with Crippen LogP contribution in [0.15, 0.2) is 18.2 Å². The van der Waals surface area contributed by atoms with Crippen molar-refractivity contribution in [2.75, 3.05) is 17.7 Å². The highest BCUT2D eigenvalue weighted by Crippen LogP contribution is 2.22. The largest absolute Gasteiger partial charge is 0.462 e. The summed E-state index contributed by atoms with van der Waals surface area (Å²) in [4.78, 5) is 12.0. The van der Waals surface area contributed by atoms with Crippen molar-refractivity contribution in [2.45, 2.75) is 53.0 Å². The summed E-state index contributed by atoms with van der Waals surface area (Å²) < 4.78 is 5.08. The molecule has 0 spiro atoms. The molecule has 0 bridgehead atoms. The topological polar surface area (TPSA) is 64.3 Å². The van der Waals surface area contributed by atoms with Crippen LogP contribution < -0.4 is 11.1 Å². The summed E-state index contributed by atoms with van der Waals surface area (Å²) >= 11 is 0. The van der Waals surface area contributed by atoms with E-state index in [9.17, 15) is 4.79 Å². The van der Waals surface area contributed by atoms with Crippen LogP contribution in [0.1, 0.15) is 57.3 Å². The van der Waals surface area contributed by atoms with Gasteiger partial charge < -0.3 is 15.8 Å². The first-order chi connectivity index (χ1) is 9.93. The molecule has 0 aliphatic carbocycles. The van der Waals surface area contributed by atoms with E-state index in [-0.39, 0.29) is 5.97 Å². The molecule has 4 heteroatoms. The molecule has 0 aliphatic rings. The maximum atomic E-state index is 12.0. The Hall–Kier alpha value is -1.71. The van der Waals surface area contributed by atoms with Crippen molar-refractivity contribution in [1.82, 2.24) is 0 Å². The molecule has 0 aliphatic heterocycles. The Labute approximate surface area is 128 Å². The van der Waals surface area contributed by atoms with E-state index < -0.39 is 0 Å². The molecule has 0 aromatic heterocycles. The summed E-state index contributed by atoms with van der Waals surface area (Å²) in [5.41, 5.74) is 7.63. The van der Waals surface area contributed by atoms with Crippen molar-refractivity contribution in [3.8, 4) is 0 Å². The molecule has 1 aromatic rings. The molecular weight excluding hydrogens is 264 g/mol. The molecule has 1 atom stereocenters. The monoisotopic (exact) mass is 292 g/mol. The van der Waals surface area contributed by atoms with Crippen molar-refractivity contribution < 1.29 is 9.53 Å². The van der Waals surface area contributed by atoms with Crippen LogP contribution in [0.25, 0.3) is 0 Å². The van der Waals surface area contributed by atoms with Crippen LogP contribution in [-0.4, -0.2) is 18.6 Å². The Kier molecular flexibility index (Phi) is 7.06. The quantitative estimate of drug-likeness (QED) is 0.560. The third kappa shape index (κ3) is 6.06. The second-order valence-electron chi connectivity index (χ2n) is 5.90. The van der Waals surface area contributed by atoms with Gasteiger partial charge in [0.05, 0.1) is 12.2 Å². The second kappa shape index (κ2) is 8.55. The highest BCUT2D eigenvalue weighted by Gasteiger charge is 2.14. The van der Waals surface area contributed by atoms with Gasteiger partial charge in [0.25, 0.3) is 0 Å². The average Bonchev–Trinajstić information content (AvgIpc) is 2.40. The van der Waals surface area contributed by atoms with Gasteiger partial charge in [-0.05, 0) is 44.4 Å². The highest BCUT2D eigenvalue weighted by atomic mass is 16.5. The third-order valence-corrected chi connectivity index (χ3v) is 3.36. The van der Waals surface area contributed by atoms with Gasteiger partial charge in [-0.25, -0.2) is 4.79 Å². The van der Waals surface area contributed by atoms with Crippen molar-refractivity contribution in [3.05, 3.63) is 23.8 Å². The van der Waals surface area contributed by atoms with Gasteiger partial charge in [0, 0.05) is 17.4 Å². The molecular formula is C17H28N2O2. The fraction of sp³-hybridized carbons (Fsp3) is 0.588. The van der Waals surface area contributed by atoms with E-state index in [1.807, 2.05) is 6.07 Å². The third-order valence-electron chi connectivity index (χ3n) is 3.36. The Balaban J connectivity index is 2.71. The van der Waals surface area contributed by atoms with Crippen LogP contribution in [0.3, 0.4) is 0 Å². The lowest BCUT2D eigenvalue weighted by Gasteiger charge is -2.18. The summed E-state index contributed by atoms with van der Waals surface area (Å²) in [6.07, 6.45) is 3.47. The summed E-state index contributed by atoms with van der Waals surface area (Å²) in [6.45, 7) is 8.75. The van der Waals surface area contributed by atoms with Gasteiger partial charge in [0.15, 0.2) is 0 Å². The first-order valence-electron chi connectivity index (χ1n) is 7.77. The molecule has 0 heterocycles. The number of benzene rings is 1. The van der Waals surface area contributed by atoms with Crippen LogP contribution >= 0.6 is 0 Å². The average molecular weight is 292 g/mol. The molecule has 1 rings (SSSR count). The number of ether oxygens (including phenoxy) is 1. The molecule has 1 aromatic carbocycles. The first kappa shape index (κ1) is 17.3. The van der Waals surface area contributed by atoms with Gasteiger partial charge in [0.2, 0.25) is 0 Å². The first-order valence-corrected chi connectivity index (χ1v) is 7.77. The predicted octanol–water partition coefficient (Wildman–Crippen LogP) is 4.07. The number of esters is 1. The fourth-order valence-corrected chi connectivity index (χ4v) is 2.24. The van der Waals surface area contributed by atoms with Gasteiger partial charge in [-0.3, -0.25) is 0 Å². The standard InChI is InChI=1S/C17H28N2O2/c1-5-21-17(20)15-11-14(18)9-10-16(15)19-13(4)8-6-7-12(2)3/h9-13,19H,5-8,18H2,1-4H3. The van der Waals surface area contributed by atoms with Crippen molar-refractivity contribution >= 4 is 17.3 Å². The lowest BCUT2D eigenvalue weighted by atomic mass is 10.0. The second-order valence-corrected chi connectivity index (χ2v) is 5.90. The maximum Gasteiger partial charge on any atom is 0.340 e. The van der Waals surface area contributed by atoms with Crippen LogP contribution in [0.5, 0.6) is 0 Å². The van der Waals surface area contributed by atoms with E-state index in [0.717, 1.165) is 18.0 Å². The number of anilines is 2. The maximum absolute atomic E-state index is 12.0. The zero-order valence-electron chi connectivity index (χ0n) is 13.6. The molecule has 0 amide bonds. The van der Waals surface area contributed by atoms with Crippen LogP contribution in [0.2, 0.25) is 0 Å². The number of carbonyl (C=O) groups is 1. The predicted molar refractivity (Wildman–Crippen MR) is 88.6 cm³/mol. The summed E-state index contributed by atoms with van der Waals surface area (Å²) in [5.74, 6) is 0.394. The van der Waals surface area contributed by atoms with Crippen molar-refractivity contribution in [2.24, 2.45) is 5.92 Å². The van der Waals surface area contributed by atoms with E-state index in [0.29, 0.717) is 23.9 Å².